The zero-order valence-corrected chi connectivity index (χ0v) is 8.75. The van der Waals surface area contributed by atoms with Crippen molar-refractivity contribution >= 4 is 0 Å². The van der Waals surface area contributed by atoms with Crippen molar-refractivity contribution in [1.82, 2.24) is 4.90 Å². The molecule has 13 heavy (non-hydrogen) atoms. The van der Waals surface area contributed by atoms with E-state index >= 15 is 0 Å². The Bertz CT molecular complexity index is 187. The van der Waals surface area contributed by atoms with Gasteiger partial charge in [-0.1, -0.05) is 0 Å². The number of ether oxygens (including phenoxy) is 2. The largest absolute Gasteiger partial charge is 0.376 e. The molecule has 2 aliphatic rings. The molecule has 0 aliphatic carbocycles. The third-order valence-electron chi connectivity index (χ3n) is 3.35. The van der Waals surface area contributed by atoms with Crippen LogP contribution in [0.2, 0.25) is 0 Å². The molecule has 0 radical (unpaired) electrons. The molecule has 2 atom stereocenters. The van der Waals surface area contributed by atoms with Crippen LogP contribution >= 0.6 is 0 Å². The van der Waals surface area contributed by atoms with Gasteiger partial charge in [-0.3, -0.25) is 4.90 Å². The first-order valence-electron chi connectivity index (χ1n) is 5.10. The van der Waals surface area contributed by atoms with Gasteiger partial charge in [0.05, 0.1) is 18.8 Å². The Morgan fingerprint density at radius 2 is 2.15 bits per heavy atom. The normalized spacial score (nSPS) is 39.9. The Morgan fingerprint density at radius 3 is 2.62 bits per heavy atom. The molecule has 2 unspecified atom stereocenters. The summed E-state index contributed by atoms with van der Waals surface area (Å²) >= 11 is 0. The van der Waals surface area contributed by atoms with Crippen LogP contribution in [0.4, 0.5) is 0 Å². The van der Waals surface area contributed by atoms with Gasteiger partial charge in [-0.15, -0.1) is 0 Å². The molecule has 76 valence electrons. The van der Waals surface area contributed by atoms with Gasteiger partial charge < -0.3 is 9.47 Å². The zero-order chi connectivity index (χ0) is 9.47. The lowest BCUT2D eigenvalue weighted by atomic mass is 10.1. The Morgan fingerprint density at radius 1 is 1.38 bits per heavy atom. The highest BCUT2D eigenvalue weighted by molar-refractivity contribution is 4.90. The summed E-state index contributed by atoms with van der Waals surface area (Å²) < 4.78 is 11.4. The molecule has 0 bridgehead atoms. The molecule has 0 aromatic heterocycles. The van der Waals surface area contributed by atoms with Gasteiger partial charge in [-0.25, -0.2) is 0 Å². The van der Waals surface area contributed by atoms with Gasteiger partial charge in [0.2, 0.25) is 0 Å². The predicted octanol–water partition coefficient (Wildman–Crippen LogP) is 1.23. The van der Waals surface area contributed by atoms with Crippen molar-refractivity contribution in [3.8, 4) is 0 Å². The molecule has 2 heterocycles. The second kappa shape index (κ2) is 3.23. The van der Waals surface area contributed by atoms with E-state index in [0.29, 0.717) is 12.1 Å². The molecule has 0 N–H and O–H groups in total. The third kappa shape index (κ3) is 1.60. The first-order valence-corrected chi connectivity index (χ1v) is 5.10. The summed E-state index contributed by atoms with van der Waals surface area (Å²) in [6.07, 6.45) is 2.79. The van der Waals surface area contributed by atoms with Gasteiger partial charge in [-0.05, 0) is 33.7 Å². The van der Waals surface area contributed by atoms with Crippen LogP contribution in [0.5, 0.6) is 0 Å². The van der Waals surface area contributed by atoms with E-state index in [-0.39, 0.29) is 5.72 Å². The smallest absolute Gasteiger partial charge is 0.116 e. The van der Waals surface area contributed by atoms with Crippen molar-refractivity contribution < 1.29 is 9.47 Å². The molecule has 0 saturated carbocycles. The van der Waals surface area contributed by atoms with E-state index < -0.39 is 0 Å². The molecule has 3 nitrogen and oxygen atoms in total. The van der Waals surface area contributed by atoms with Crippen LogP contribution in [0.1, 0.15) is 26.7 Å². The summed E-state index contributed by atoms with van der Waals surface area (Å²) in [5.74, 6) is 0. The first kappa shape index (κ1) is 9.44. The van der Waals surface area contributed by atoms with Gasteiger partial charge in [-0.2, -0.15) is 0 Å². The van der Waals surface area contributed by atoms with Crippen LogP contribution in [0.3, 0.4) is 0 Å². The lowest BCUT2D eigenvalue weighted by Crippen LogP contribution is -2.45. The molecule has 2 saturated heterocycles. The van der Waals surface area contributed by atoms with E-state index in [0.717, 1.165) is 13.2 Å². The Kier molecular flexibility index (Phi) is 2.34. The molecule has 0 amide bonds. The fourth-order valence-electron chi connectivity index (χ4n) is 2.17. The Hall–Kier alpha value is -0.120. The van der Waals surface area contributed by atoms with E-state index in [1.165, 1.54) is 12.8 Å². The molecular formula is C10H19NO2. The molecule has 2 fully saturated rings. The summed E-state index contributed by atoms with van der Waals surface area (Å²) in [4.78, 5) is 2.29. The fourth-order valence-corrected chi connectivity index (χ4v) is 2.17. The standard InChI is InChI=1S/C10H19NO2/c1-10(2)11(3)8(7-13-10)9-5-4-6-12-9/h8-9H,4-7H2,1-3H3. The van der Waals surface area contributed by atoms with Crippen LogP contribution in [0.15, 0.2) is 0 Å². The number of nitrogens with zero attached hydrogens (tertiary/aromatic N) is 1. The van der Waals surface area contributed by atoms with Gasteiger partial charge >= 0.3 is 0 Å². The number of hydrogen-bond donors (Lipinski definition) is 0. The van der Waals surface area contributed by atoms with E-state index in [1.807, 2.05) is 0 Å². The van der Waals surface area contributed by atoms with E-state index in [1.54, 1.807) is 0 Å². The summed E-state index contributed by atoms with van der Waals surface area (Å²) in [6, 6.07) is 0.456. The maximum Gasteiger partial charge on any atom is 0.116 e. The minimum absolute atomic E-state index is 0.114. The van der Waals surface area contributed by atoms with Crippen LogP contribution in [0.25, 0.3) is 0 Å². The third-order valence-corrected chi connectivity index (χ3v) is 3.35. The van der Waals surface area contributed by atoms with Crippen LogP contribution < -0.4 is 0 Å². The van der Waals surface area contributed by atoms with Gasteiger partial charge in [0.15, 0.2) is 0 Å². The number of rotatable bonds is 1. The average molecular weight is 185 g/mol. The number of hydrogen-bond acceptors (Lipinski definition) is 3. The topological polar surface area (TPSA) is 21.7 Å². The van der Waals surface area contributed by atoms with Crippen molar-refractivity contribution in [3.63, 3.8) is 0 Å². The highest BCUT2D eigenvalue weighted by Gasteiger charge is 2.42. The Balaban J connectivity index is 2.01. The van der Waals surface area contributed by atoms with Crippen molar-refractivity contribution in [1.29, 1.82) is 0 Å². The monoisotopic (exact) mass is 185 g/mol. The van der Waals surface area contributed by atoms with Crippen LogP contribution in [-0.2, 0) is 9.47 Å². The van der Waals surface area contributed by atoms with Gasteiger partial charge in [0.1, 0.15) is 5.72 Å². The fraction of sp³-hybridized carbons (Fsp3) is 1.00. The summed E-state index contributed by atoms with van der Waals surface area (Å²) in [5.41, 5.74) is -0.114. The molecule has 2 rings (SSSR count). The van der Waals surface area contributed by atoms with Crippen LogP contribution in [0, 0.1) is 0 Å². The maximum atomic E-state index is 5.72. The molecule has 3 heteroatoms. The summed E-state index contributed by atoms with van der Waals surface area (Å²) in [7, 11) is 2.12. The maximum absolute atomic E-state index is 5.72. The van der Waals surface area contributed by atoms with Crippen LogP contribution in [-0.4, -0.2) is 43.0 Å². The van der Waals surface area contributed by atoms with Crippen molar-refractivity contribution in [2.75, 3.05) is 20.3 Å². The van der Waals surface area contributed by atoms with E-state index in [9.17, 15) is 0 Å². The first-order chi connectivity index (χ1) is 6.11. The summed E-state index contributed by atoms with van der Waals surface area (Å²) in [5, 5.41) is 0. The van der Waals surface area contributed by atoms with Gasteiger partial charge in [0, 0.05) is 6.61 Å². The van der Waals surface area contributed by atoms with Crippen molar-refractivity contribution in [2.24, 2.45) is 0 Å². The quantitative estimate of drug-likeness (QED) is 0.613. The molecular weight excluding hydrogens is 166 g/mol. The lowest BCUT2D eigenvalue weighted by Gasteiger charge is -2.31. The second-order valence-corrected chi connectivity index (χ2v) is 4.49. The van der Waals surface area contributed by atoms with Gasteiger partial charge in [0.25, 0.3) is 0 Å². The summed E-state index contributed by atoms with van der Waals surface area (Å²) in [6.45, 7) is 5.97. The highest BCUT2D eigenvalue weighted by Crippen LogP contribution is 2.30. The molecule has 0 aromatic rings. The SMILES string of the molecule is CN1C(C2CCCO2)COC1(C)C. The molecule has 0 aromatic carbocycles. The molecule has 2 aliphatic heterocycles. The highest BCUT2D eigenvalue weighted by atomic mass is 16.5. The molecule has 0 spiro atoms. The predicted molar refractivity (Wildman–Crippen MR) is 50.6 cm³/mol. The van der Waals surface area contributed by atoms with E-state index in [2.05, 4.69) is 25.8 Å². The van der Waals surface area contributed by atoms with Crippen molar-refractivity contribution in [2.45, 2.75) is 44.6 Å². The Labute approximate surface area is 80.0 Å². The minimum Gasteiger partial charge on any atom is -0.376 e. The lowest BCUT2D eigenvalue weighted by molar-refractivity contribution is -0.0472. The average Bonchev–Trinajstić information content (AvgIpc) is 2.63. The number of likely N-dealkylation sites (N-methyl/N-ethyl adjacent to an activating group) is 1. The van der Waals surface area contributed by atoms with Crippen molar-refractivity contribution in [3.05, 3.63) is 0 Å². The van der Waals surface area contributed by atoms with E-state index in [4.69, 9.17) is 9.47 Å². The zero-order valence-electron chi connectivity index (χ0n) is 8.75. The second-order valence-electron chi connectivity index (χ2n) is 4.49. The minimum atomic E-state index is -0.114.